The molecule has 0 aliphatic carbocycles. The Labute approximate surface area is 224 Å². The maximum atomic E-state index is 13.2. The molecule has 1 saturated heterocycles. The van der Waals surface area contributed by atoms with E-state index in [1.54, 1.807) is 65.9 Å². The standard InChI is InChI=1S/C28H31F3N4O4/c1-17-13-23-21(14-22(17)33-27(38)19-7-5-4-6-8-19)26(39-16-28(29,30)31)25(34(23)3)18(2)32-20-9-11-35(12-10-20)24(37)15-36/h4-8,13-14,20,32,36H,2,9-12,15-16H2,1,3H3,(H,33,38). The predicted octanol–water partition coefficient (Wildman–Crippen LogP) is 4.22. The lowest BCUT2D eigenvalue weighted by molar-refractivity contribution is -0.153. The smallest absolute Gasteiger partial charge is 0.422 e. The largest absolute Gasteiger partial charge is 0.481 e. The molecule has 39 heavy (non-hydrogen) atoms. The Kier molecular flexibility index (Phi) is 8.19. The van der Waals surface area contributed by atoms with Gasteiger partial charge in [0.2, 0.25) is 5.91 Å². The highest BCUT2D eigenvalue weighted by atomic mass is 19.4. The van der Waals surface area contributed by atoms with E-state index in [4.69, 9.17) is 9.84 Å². The number of aliphatic hydroxyl groups excluding tert-OH is 1. The van der Waals surface area contributed by atoms with Crippen LogP contribution in [0.4, 0.5) is 18.9 Å². The van der Waals surface area contributed by atoms with Crippen LogP contribution in [0.5, 0.6) is 5.75 Å². The van der Waals surface area contributed by atoms with Crippen LogP contribution in [-0.4, -0.2) is 64.9 Å². The van der Waals surface area contributed by atoms with E-state index in [2.05, 4.69) is 17.2 Å². The maximum absolute atomic E-state index is 13.2. The van der Waals surface area contributed by atoms with Gasteiger partial charge in [0.1, 0.15) is 12.3 Å². The molecule has 0 atom stereocenters. The monoisotopic (exact) mass is 544 g/mol. The first-order chi connectivity index (χ1) is 18.5. The number of alkyl halides is 3. The van der Waals surface area contributed by atoms with Gasteiger partial charge in [-0.2, -0.15) is 13.2 Å². The number of nitrogens with one attached hydrogen (secondary N) is 2. The minimum absolute atomic E-state index is 0.00503. The van der Waals surface area contributed by atoms with Crippen LogP contribution in [0.2, 0.25) is 0 Å². The van der Waals surface area contributed by atoms with Crippen molar-refractivity contribution in [3.05, 3.63) is 65.9 Å². The van der Waals surface area contributed by atoms with Crippen molar-refractivity contribution in [3.8, 4) is 5.75 Å². The number of benzene rings is 2. The number of nitrogens with zero attached hydrogens (tertiary/aromatic N) is 2. The molecule has 0 radical (unpaired) electrons. The molecule has 208 valence electrons. The number of aliphatic hydroxyl groups is 1. The number of aryl methyl sites for hydroxylation is 2. The van der Waals surface area contributed by atoms with Crippen molar-refractivity contribution < 1.29 is 32.6 Å². The molecular formula is C28H31F3N4O4. The predicted molar refractivity (Wildman–Crippen MR) is 142 cm³/mol. The lowest BCUT2D eigenvalue weighted by Gasteiger charge is -2.33. The summed E-state index contributed by atoms with van der Waals surface area (Å²) >= 11 is 0. The SMILES string of the molecule is C=C(NC1CCN(C(=O)CO)CC1)c1c(OCC(F)(F)F)c2cc(NC(=O)c3ccccc3)c(C)cc2n1C. The third-order valence-corrected chi connectivity index (χ3v) is 6.81. The molecule has 1 fully saturated rings. The summed E-state index contributed by atoms with van der Waals surface area (Å²) in [5.74, 6) is -0.677. The van der Waals surface area contributed by atoms with Crippen molar-refractivity contribution in [1.82, 2.24) is 14.8 Å². The van der Waals surface area contributed by atoms with Crippen LogP contribution in [0.15, 0.2) is 49.0 Å². The second-order valence-electron chi connectivity index (χ2n) is 9.58. The lowest BCUT2D eigenvalue weighted by Crippen LogP contribution is -2.45. The zero-order valence-corrected chi connectivity index (χ0v) is 21.8. The van der Waals surface area contributed by atoms with Gasteiger partial charge in [0, 0.05) is 42.8 Å². The van der Waals surface area contributed by atoms with Crippen molar-refractivity contribution in [3.63, 3.8) is 0 Å². The summed E-state index contributed by atoms with van der Waals surface area (Å²) in [6, 6.07) is 11.9. The molecule has 0 unspecified atom stereocenters. The number of hydrogen-bond acceptors (Lipinski definition) is 5. The van der Waals surface area contributed by atoms with Gasteiger partial charge in [0.25, 0.3) is 5.91 Å². The zero-order valence-electron chi connectivity index (χ0n) is 21.8. The van der Waals surface area contributed by atoms with Gasteiger partial charge in [-0.1, -0.05) is 24.8 Å². The summed E-state index contributed by atoms with van der Waals surface area (Å²) in [4.78, 5) is 26.1. The molecule has 0 saturated carbocycles. The topological polar surface area (TPSA) is 95.8 Å². The zero-order chi connectivity index (χ0) is 28.3. The van der Waals surface area contributed by atoms with E-state index in [0.717, 1.165) is 5.56 Å². The minimum atomic E-state index is -4.56. The third-order valence-electron chi connectivity index (χ3n) is 6.81. The average Bonchev–Trinajstić information content (AvgIpc) is 3.18. The first-order valence-electron chi connectivity index (χ1n) is 12.5. The van der Waals surface area contributed by atoms with E-state index in [1.807, 2.05) is 0 Å². The van der Waals surface area contributed by atoms with Gasteiger partial charge in [-0.05, 0) is 49.6 Å². The van der Waals surface area contributed by atoms with Gasteiger partial charge in [0.05, 0.1) is 11.2 Å². The number of aromatic nitrogens is 1. The second kappa shape index (κ2) is 11.4. The summed E-state index contributed by atoms with van der Waals surface area (Å²) in [7, 11) is 1.72. The van der Waals surface area contributed by atoms with Gasteiger partial charge in [-0.25, -0.2) is 0 Å². The van der Waals surface area contributed by atoms with Gasteiger partial charge in [-0.15, -0.1) is 0 Å². The quantitative estimate of drug-likeness (QED) is 0.395. The lowest BCUT2D eigenvalue weighted by atomic mass is 10.0. The number of anilines is 1. The molecule has 1 aliphatic rings. The van der Waals surface area contributed by atoms with Crippen LogP contribution in [0, 0.1) is 6.92 Å². The Hall–Kier alpha value is -3.99. The number of ether oxygens (including phenoxy) is 1. The molecule has 3 N–H and O–H groups in total. The fourth-order valence-corrected chi connectivity index (χ4v) is 4.80. The molecule has 0 bridgehead atoms. The number of piperidine rings is 1. The van der Waals surface area contributed by atoms with E-state index in [9.17, 15) is 22.8 Å². The fraction of sp³-hybridized carbons (Fsp3) is 0.357. The number of carbonyl (C=O) groups excluding carboxylic acids is 2. The van der Waals surface area contributed by atoms with Crippen molar-refractivity contribution in [2.24, 2.45) is 7.05 Å². The van der Waals surface area contributed by atoms with E-state index in [0.29, 0.717) is 59.5 Å². The Morgan fingerprint density at radius 3 is 2.44 bits per heavy atom. The number of halogens is 3. The van der Waals surface area contributed by atoms with Crippen molar-refractivity contribution in [2.45, 2.75) is 32.0 Å². The van der Waals surface area contributed by atoms with Crippen molar-refractivity contribution in [1.29, 1.82) is 0 Å². The number of rotatable bonds is 8. The number of likely N-dealkylation sites (tertiary alicyclic amines) is 1. The van der Waals surface area contributed by atoms with Gasteiger partial charge in [0.15, 0.2) is 12.4 Å². The molecule has 2 heterocycles. The molecule has 2 amide bonds. The van der Waals surface area contributed by atoms with Crippen LogP contribution < -0.4 is 15.4 Å². The average molecular weight is 545 g/mol. The summed E-state index contributed by atoms with van der Waals surface area (Å²) in [5.41, 5.74) is 2.97. The molecule has 1 aliphatic heterocycles. The Morgan fingerprint density at radius 2 is 1.82 bits per heavy atom. The van der Waals surface area contributed by atoms with Gasteiger partial charge < -0.3 is 29.9 Å². The summed E-state index contributed by atoms with van der Waals surface area (Å²) < 4.78 is 46.7. The van der Waals surface area contributed by atoms with E-state index in [-0.39, 0.29) is 23.6 Å². The summed E-state index contributed by atoms with van der Waals surface area (Å²) in [5, 5.41) is 15.6. The molecular weight excluding hydrogens is 513 g/mol. The van der Waals surface area contributed by atoms with Gasteiger partial charge >= 0.3 is 6.18 Å². The Bertz CT molecular complexity index is 1380. The van der Waals surface area contributed by atoms with Gasteiger partial charge in [-0.3, -0.25) is 9.59 Å². The van der Waals surface area contributed by atoms with E-state index >= 15 is 0 Å². The van der Waals surface area contributed by atoms with Crippen LogP contribution >= 0.6 is 0 Å². The highest BCUT2D eigenvalue weighted by Crippen LogP contribution is 2.39. The number of amides is 2. The van der Waals surface area contributed by atoms with Crippen molar-refractivity contribution >= 4 is 34.1 Å². The fourth-order valence-electron chi connectivity index (χ4n) is 4.80. The molecule has 3 aromatic rings. The highest BCUT2D eigenvalue weighted by molar-refractivity contribution is 6.06. The first kappa shape index (κ1) is 28.0. The van der Waals surface area contributed by atoms with E-state index < -0.39 is 19.4 Å². The maximum Gasteiger partial charge on any atom is 0.422 e. The van der Waals surface area contributed by atoms with Crippen LogP contribution in [0.25, 0.3) is 16.6 Å². The normalized spacial score (nSPS) is 14.4. The van der Waals surface area contributed by atoms with Crippen LogP contribution in [0.3, 0.4) is 0 Å². The van der Waals surface area contributed by atoms with Crippen LogP contribution in [-0.2, 0) is 11.8 Å². The molecule has 0 spiro atoms. The number of carbonyl (C=O) groups is 2. The number of hydrogen-bond donors (Lipinski definition) is 3. The third kappa shape index (κ3) is 6.36. The van der Waals surface area contributed by atoms with E-state index in [1.165, 1.54) is 0 Å². The van der Waals surface area contributed by atoms with Crippen molar-refractivity contribution in [2.75, 3.05) is 31.6 Å². The Morgan fingerprint density at radius 1 is 1.15 bits per heavy atom. The molecule has 8 nitrogen and oxygen atoms in total. The summed E-state index contributed by atoms with van der Waals surface area (Å²) in [6.07, 6.45) is -3.39. The molecule has 11 heteroatoms. The Balaban J connectivity index is 1.66. The molecule has 4 rings (SSSR count). The first-order valence-corrected chi connectivity index (χ1v) is 12.5. The number of fused-ring (bicyclic) bond motifs is 1. The minimum Gasteiger partial charge on any atom is -0.481 e. The summed E-state index contributed by atoms with van der Waals surface area (Å²) in [6.45, 7) is 4.75. The molecule has 1 aromatic heterocycles. The van der Waals surface area contributed by atoms with Crippen LogP contribution in [0.1, 0.15) is 34.5 Å². The highest BCUT2D eigenvalue weighted by Gasteiger charge is 2.31. The second-order valence-corrected chi connectivity index (χ2v) is 9.58. The molecule has 2 aromatic carbocycles.